The predicted octanol–water partition coefficient (Wildman–Crippen LogP) is 1.98. The lowest BCUT2D eigenvalue weighted by Gasteiger charge is -2.30. The number of aliphatic carboxylic acids is 1. The molecular formula is C14H24N2O3. The van der Waals surface area contributed by atoms with E-state index in [-0.39, 0.29) is 17.9 Å². The van der Waals surface area contributed by atoms with Crippen molar-refractivity contribution in [3.8, 4) is 12.3 Å². The van der Waals surface area contributed by atoms with Gasteiger partial charge in [-0.2, -0.15) is 0 Å². The van der Waals surface area contributed by atoms with E-state index in [4.69, 9.17) is 11.5 Å². The van der Waals surface area contributed by atoms with Crippen LogP contribution < -0.4 is 10.6 Å². The fourth-order valence-corrected chi connectivity index (χ4v) is 1.59. The summed E-state index contributed by atoms with van der Waals surface area (Å²) in [5, 5.41) is 14.2. The van der Waals surface area contributed by atoms with Crippen molar-refractivity contribution in [3.05, 3.63) is 0 Å². The van der Waals surface area contributed by atoms with Crippen LogP contribution in [0.25, 0.3) is 0 Å². The van der Waals surface area contributed by atoms with Gasteiger partial charge in [-0.15, -0.1) is 6.42 Å². The van der Waals surface area contributed by atoms with E-state index in [0.29, 0.717) is 6.42 Å². The monoisotopic (exact) mass is 268 g/mol. The molecule has 0 aliphatic heterocycles. The van der Waals surface area contributed by atoms with Crippen LogP contribution in [-0.2, 0) is 4.79 Å². The lowest BCUT2D eigenvalue weighted by atomic mass is 9.85. The fraction of sp³-hybridized carbons (Fsp3) is 0.714. The second-order valence-electron chi connectivity index (χ2n) is 5.64. The van der Waals surface area contributed by atoms with Crippen LogP contribution in [0.5, 0.6) is 0 Å². The first-order valence-corrected chi connectivity index (χ1v) is 6.45. The molecule has 0 aromatic heterocycles. The summed E-state index contributed by atoms with van der Waals surface area (Å²) in [6.07, 6.45) is 6.76. The third kappa shape index (κ3) is 7.35. The van der Waals surface area contributed by atoms with Crippen molar-refractivity contribution >= 4 is 12.0 Å². The minimum absolute atomic E-state index is 0.120. The van der Waals surface area contributed by atoms with E-state index < -0.39 is 18.0 Å². The van der Waals surface area contributed by atoms with Crippen LogP contribution in [0.4, 0.5) is 4.79 Å². The average Bonchev–Trinajstić information content (AvgIpc) is 2.25. The van der Waals surface area contributed by atoms with Crippen LogP contribution in [0.3, 0.4) is 0 Å². The molecule has 0 aromatic carbocycles. The molecule has 0 saturated heterocycles. The number of carbonyl (C=O) groups excluding carboxylic acids is 1. The zero-order valence-electron chi connectivity index (χ0n) is 12.1. The second kappa shape index (κ2) is 7.67. The van der Waals surface area contributed by atoms with Crippen molar-refractivity contribution in [3.63, 3.8) is 0 Å². The van der Waals surface area contributed by atoms with E-state index in [1.165, 1.54) is 0 Å². The van der Waals surface area contributed by atoms with Gasteiger partial charge in [0, 0.05) is 6.04 Å². The van der Waals surface area contributed by atoms with Crippen molar-refractivity contribution < 1.29 is 14.7 Å². The molecule has 19 heavy (non-hydrogen) atoms. The zero-order valence-corrected chi connectivity index (χ0v) is 12.1. The molecule has 0 saturated carbocycles. The van der Waals surface area contributed by atoms with Crippen LogP contribution >= 0.6 is 0 Å². The molecule has 0 aliphatic rings. The number of amides is 2. The highest BCUT2D eigenvalue weighted by atomic mass is 16.4. The Labute approximate surface area is 115 Å². The fourth-order valence-electron chi connectivity index (χ4n) is 1.59. The van der Waals surface area contributed by atoms with Crippen molar-refractivity contribution in [2.75, 3.05) is 0 Å². The second-order valence-corrected chi connectivity index (χ2v) is 5.64. The summed E-state index contributed by atoms with van der Waals surface area (Å²) in [6, 6.07) is -1.20. The molecule has 3 N–H and O–H groups in total. The van der Waals surface area contributed by atoms with E-state index >= 15 is 0 Å². The van der Waals surface area contributed by atoms with Crippen molar-refractivity contribution in [2.45, 2.75) is 59.0 Å². The van der Waals surface area contributed by atoms with Gasteiger partial charge in [-0.25, -0.2) is 4.79 Å². The van der Waals surface area contributed by atoms with Gasteiger partial charge in [0.2, 0.25) is 0 Å². The Balaban J connectivity index is 4.55. The number of nitrogens with one attached hydrogen (secondary N) is 2. The Kier molecular flexibility index (Phi) is 6.99. The van der Waals surface area contributed by atoms with E-state index in [2.05, 4.69) is 16.6 Å². The average molecular weight is 268 g/mol. The van der Waals surface area contributed by atoms with E-state index in [1.807, 2.05) is 27.7 Å². The molecule has 0 rings (SSSR count). The number of carboxylic acid groups (broad SMARTS) is 1. The molecule has 0 bridgehead atoms. The third-order valence-electron chi connectivity index (χ3n) is 2.81. The zero-order chi connectivity index (χ0) is 15.1. The standard InChI is InChI=1S/C14H24N2O3/c1-6-8-10(7-2)15-13(19)16-11(9-12(17)18)14(3,4)5/h2,10-11H,6,8-9H2,1,3-5H3,(H,17,18)(H2,15,16,19). The maximum Gasteiger partial charge on any atom is 0.316 e. The lowest BCUT2D eigenvalue weighted by molar-refractivity contribution is -0.138. The molecule has 0 heterocycles. The number of hydrogen-bond donors (Lipinski definition) is 3. The topological polar surface area (TPSA) is 78.4 Å². The van der Waals surface area contributed by atoms with Gasteiger partial charge in [-0.3, -0.25) is 4.79 Å². The van der Waals surface area contributed by atoms with Crippen molar-refractivity contribution in [1.82, 2.24) is 10.6 Å². The first kappa shape index (κ1) is 17.3. The number of terminal acetylenes is 1. The maximum atomic E-state index is 11.8. The first-order valence-electron chi connectivity index (χ1n) is 6.45. The predicted molar refractivity (Wildman–Crippen MR) is 74.7 cm³/mol. The molecule has 108 valence electrons. The van der Waals surface area contributed by atoms with Gasteiger partial charge in [0.05, 0.1) is 12.5 Å². The van der Waals surface area contributed by atoms with Gasteiger partial charge in [0.15, 0.2) is 0 Å². The highest BCUT2D eigenvalue weighted by Crippen LogP contribution is 2.21. The molecule has 2 amide bonds. The summed E-state index contributed by atoms with van der Waals surface area (Å²) in [6.45, 7) is 7.62. The summed E-state index contributed by atoms with van der Waals surface area (Å²) in [7, 11) is 0. The molecule has 5 heteroatoms. The number of hydrogen-bond acceptors (Lipinski definition) is 2. The largest absolute Gasteiger partial charge is 0.481 e. The molecule has 5 nitrogen and oxygen atoms in total. The Hall–Kier alpha value is -1.70. The van der Waals surface area contributed by atoms with Gasteiger partial charge in [0.25, 0.3) is 0 Å². The number of carbonyl (C=O) groups is 2. The highest BCUT2D eigenvalue weighted by molar-refractivity contribution is 5.76. The summed E-state index contributed by atoms with van der Waals surface area (Å²) in [4.78, 5) is 22.6. The minimum atomic E-state index is -0.942. The Morgan fingerprint density at radius 1 is 1.32 bits per heavy atom. The van der Waals surface area contributed by atoms with E-state index in [1.54, 1.807) is 0 Å². The molecule has 0 radical (unpaired) electrons. The quantitative estimate of drug-likeness (QED) is 0.644. The van der Waals surface area contributed by atoms with Gasteiger partial charge in [-0.05, 0) is 11.8 Å². The van der Waals surface area contributed by atoms with Gasteiger partial charge in [-0.1, -0.05) is 40.0 Å². The highest BCUT2D eigenvalue weighted by Gasteiger charge is 2.28. The van der Waals surface area contributed by atoms with E-state index in [0.717, 1.165) is 6.42 Å². The number of rotatable bonds is 6. The molecule has 2 atom stereocenters. The van der Waals surface area contributed by atoms with Crippen LogP contribution in [0.15, 0.2) is 0 Å². The summed E-state index contributed by atoms with van der Waals surface area (Å²) >= 11 is 0. The molecule has 0 aliphatic carbocycles. The first-order chi connectivity index (χ1) is 8.70. The molecule has 0 aromatic rings. The summed E-state index contributed by atoms with van der Waals surface area (Å²) in [5.74, 6) is 1.56. The number of carboxylic acids is 1. The van der Waals surface area contributed by atoms with Crippen molar-refractivity contribution in [2.24, 2.45) is 5.41 Å². The Morgan fingerprint density at radius 2 is 1.89 bits per heavy atom. The van der Waals surface area contributed by atoms with Gasteiger partial charge >= 0.3 is 12.0 Å². The summed E-state index contributed by atoms with van der Waals surface area (Å²) in [5.41, 5.74) is -0.341. The SMILES string of the molecule is C#CC(CCC)NC(=O)NC(CC(=O)O)C(C)(C)C. The molecule has 2 unspecified atom stereocenters. The molecule has 0 spiro atoms. The third-order valence-corrected chi connectivity index (χ3v) is 2.81. The number of urea groups is 1. The van der Waals surface area contributed by atoms with Crippen LogP contribution in [0, 0.1) is 17.8 Å². The van der Waals surface area contributed by atoms with Gasteiger partial charge < -0.3 is 15.7 Å². The van der Waals surface area contributed by atoms with Gasteiger partial charge in [0.1, 0.15) is 0 Å². The van der Waals surface area contributed by atoms with E-state index in [9.17, 15) is 9.59 Å². The Bertz CT molecular complexity index is 353. The normalized spacial score (nSPS) is 14.1. The van der Waals surface area contributed by atoms with Crippen LogP contribution in [-0.4, -0.2) is 29.2 Å². The maximum absolute atomic E-state index is 11.8. The molecular weight excluding hydrogens is 244 g/mol. The summed E-state index contributed by atoms with van der Waals surface area (Å²) < 4.78 is 0. The smallest absolute Gasteiger partial charge is 0.316 e. The van der Waals surface area contributed by atoms with Crippen LogP contribution in [0.1, 0.15) is 47.0 Å². The van der Waals surface area contributed by atoms with Crippen molar-refractivity contribution in [1.29, 1.82) is 0 Å². The molecule has 0 fully saturated rings. The Morgan fingerprint density at radius 3 is 2.26 bits per heavy atom. The lowest BCUT2D eigenvalue weighted by Crippen LogP contribution is -2.51. The minimum Gasteiger partial charge on any atom is -0.481 e. The van der Waals surface area contributed by atoms with Crippen LogP contribution in [0.2, 0.25) is 0 Å².